The van der Waals surface area contributed by atoms with E-state index in [0.29, 0.717) is 21.5 Å². The van der Waals surface area contributed by atoms with E-state index in [1.54, 1.807) is 30.5 Å². The molecular weight excluding hydrogens is 375 g/mol. The van der Waals surface area contributed by atoms with Crippen LogP contribution in [0.15, 0.2) is 36.5 Å². The van der Waals surface area contributed by atoms with Crippen LogP contribution in [0.5, 0.6) is 5.75 Å². The average molecular weight is 397 g/mol. The van der Waals surface area contributed by atoms with Gasteiger partial charge in [0.05, 0.1) is 16.9 Å². The monoisotopic (exact) mass is 396 g/mol. The molecule has 1 aromatic carbocycles. The second kappa shape index (κ2) is 10.2. The summed E-state index contributed by atoms with van der Waals surface area (Å²) in [4.78, 5) is 18.4. The first kappa shape index (κ1) is 20.3. The van der Waals surface area contributed by atoms with Gasteiger partial charge in [-0.25, -0.2) is 4.98 Å². The number of carbonyl (C=O) groups excluding carboxylic acids is 1. The summed E-state index contributed by atoms with van der Waals surface area (Å²) < 4.78 is 5.39. The van der Waals surface area contributed by atoms with Gasteiger partial charge in [-0.05, 0) is 57.4 Å². The molecule has 0 spiro atoms. The fraction of sp³-hybridized carbons (Fsp3) is 0.333. The van der Waals surface area contributed by atoms with Crippen molar-refractivity contribution in [1.29, 1.82) is 0 Å². The van der Waals surface area contributed by atoms with E-state index in [2.05, 4.69) is 20.5 Å². The molecule has 0 unspecified atom stereocenters. The van der Waals surface area contributed by atoms with Crippen LogP contribution in [0.25, 0.3) is 0 Å². The van der Waals surface area contributed by atoms with E-state index in [-0.39, 0.29) is 12.5 Å². The van der Waals surface area contributed by atoms with E-state index in [1.165, 1.54) is 0 Å². The van der Waals surface area contributed by atoms with E-state index in [1.807, 2.05) is 20.2 Å². The van der Waals surface area contributed by atoms with Crippen LogP contribution in [0.1, 0.15) is 6.42 Å². The molecule has 140 valence electrons. The summed E-state index contributed by atoms with van der Waals surface area (Å²) in [5, 5.41) is 6.83. The van der Waals surface area contributed by atoms with Crippen LogP contribution in [-0.4, -0.2) is 49.6 Å². The third kappa shape index (κ3) is 7.07. The first-order valence-corrected chi connectivity index (χ1v) is 8.92. The zero-order chi connectivity index (χ0) is 18.9. The molecule has 1 amide bonds. The second-order valence-corrected chi connectivity index (χ2v) is 6.77. The minimum atomic E-state index is -0.301. The first-order valence-electron chi connectivity index (χ1n) is 8.16. The maximum atomic E-state index is 12.0. The van der Waals surface area contributed by atoms with Crippen LogP contribution in [0.4, 0.5) is 11.5 Å². The molecule has 1 aromatic heterocycles. The summed E-state index contributed by atoms with van der Waals surface area (Å²) in [6.45, 7) is 1.69. The van der Waals surface area contributed by atoms with Crippen molar-refractivity contribution in [3.05, 3.63) is 46.6 Å². The molecule has 0 fully saturated rings. The fourth-order valence-electron chi connectivity index (χ4n) is 2.12. The van der Waals surface area contributed by atoms with Gasteiger partial charge in [-0.2, -0.15) is 0 Å². The van der Waals surface area contributed by atoms with Gasteiger partial charge in [0, 0.05) is 11.6 Å². The van der Waals surface area contributed by atoms with Crippen molar-refractivity contribution in [2.24, 2.45) is 0 Å². The fourth-order valence-corrected chi connectivity index (χ4v) is 2.58. The summed E-state index contributed by atoms with van der Waals surface area (Å²) in [6, 6.07) is 8.44. The highest BCUT2D eigenvalue weighted by Crippen LogP contribution is 2.27. The minimum Gasteiger partial charge on any atom is -0.482 e. The van der Waals surface area contributed by atoms with Gasteiger partial charge in [-0.15, -0.1) is 0 Å². The lowest BCUT2D eigenvalue weighted by Crippen LogP contribution is -2.20. The number of carbonyl (C=O) groups is 1. The van der Waals surface area contributed by atoms with Crippen LogP contribution >= 0.6 is 23.2 Å². The molecule has 0 radical (unpaired) electrons. The van der Waals surface area contributed by atoms with Crippen molar-refractivity contribution in [3.63, 3.8) is 0 Å². The first-order chi connectivity index (χ1) is 12.4. The van der Waals surface area contributed by atoms with E-state index in [0.717, 1.165) is 25.3 Å². The van der Waals surface area contributed by atoms with Crippen LogP contribution in [0, 0.1) is 0 Å². The molecule has 2 aromatic rings. The molecule has 1 heterocycles. The summed E-state index contributed by atoms with van der Waals surface area (Å²) in [6.07, 6.45) is 2.62. The number of benzene rings is 1. The second-order valence-electron chi connectivity index (χ2n) is 5.93. The molecule has 2 rings (SSSR count). The van der Waals surface area contributed by atoms with Gasteiger partial charge in [0.2, 0.25) is 0 Å². The van der Waals surface area contributed by atoms with E-state index in [9.17, 15) is 4.79 Å². The highest BCUT2D eigenvalue weighted by atomic mass is 35.5. The summed E-state index contributed by atoms with van der Waals surface area (Å²) >= 11 is 11.8. The van der Waals surface area contributed by atoms with Crippen molar-refractivity contribution in [3.8, 4) is 5.75 Å². The number of amides is 1. The topological polar surface area (TPSA) is 66.5 Å². The largest absolute Gasteiger partial charge is 0.482 e. The predicted molar refractivity (Wildman–Crippen MR) is 106 cm³/mol. The van der Waals surface area contributed by atoms with Crippen molar-refractivity contribution < 1.29 is 9.53 Å². The Balaban J connectivity index is 1.76. The molecule has 6 nitrogen and oxygen atoms in total. The number of halogens is 2. The number of aromatic nitrogens is 1. The SMILES string of the molecule is CN(C)CCCNc1ccc(NC(=O)COc2ccc(Cl)cc2Cl)cn1. The number of nitrogens with zero attached hydrogens (tertiary/aromatic N) is 2. The van der Waals surface area contributed by atoms with Gasteiger partial charge in [0.25, 0.3) is 5.91 Å². The van der Waals surface area contributed by atoms with Crippen LogP contribution < -0.4 is 15.4 Å². The van der Waals surface area contributed by atoms with E-state index >= 15 is 0 Å². The Bertz CT molecular complexity index is 724. The molecule has 0 bridgehead atoms. The lowest BCUT2D eigenvalue weighted by Gasteiger charge is -2.11. The Morgan fingerprint density at radius 1 is 1.23 bits per heavy atom. The highest BCUT2D eigenvalue weighted by Gasteiger charge is 2.07. The molecule has 8 heteroatoms. The number of rotatable bonds is 9. The van der Waals surface area contributed by atoms with Crippen LogP contribution in [-0.2, 0) is 4.79 Å². The summed E-state index contributed by atoms with van der Waals surface area (Å²) in [5.74, 6) is 0.872. The number of pyridine rings is 1. The smallest absolute Gasteiger partial charge is 0.262 e. The molecule has 0 atom stereocenters. The number of hydrogen-bond acceptors (Lipinski definition) is 5. The van der Waals surface area contributed by atoms with Gasteiger partial charge in [0.15, 0.2) is 6.61 Å². The normalized spacial score (nSPS) is 10.7. The summed E-state index contributed by atoms with van der Waals surface area (Å²) in [5.41, 5.74) is 0.597. The maximum absolute atomic E-state index is 12.0. The molecule has 0 saturated heterocycles. The Morgan fingerprint density at radius 3 is 2.69 bits per heavy atom. The Morgan fingerprint density at radius 2 is 2.04 bits per heavy atom. The number of anilines is 2. The maximum Gasteiger partial charge on any atom is 0.262 e. The Hall–Kier alpha value is -2.02. The van der Waals surface area contributed by atoms with Crippen molar-refractivity contribution >= 4 is 40.6 Å². The van der Waals surface area contributed by atoms with Crippen molar-refractivity contribution in [1.82, 2.24) is 9.88 Å². The minimum absolute atomic E-state index is 0.161. The molecule has 0 aliphatic rings. The lowest BCUT2D eigenvalue weighted by molar-refractivity contribution is -0.118. The number of nitrogens with one attached hydrogen (secondary N) is 2. The van der Waals surface area contributed by atoms with Crippen LogP contribution in [0.2, 0.25) is 10.0 Å². The molecular formula is C18H22Cl2N4O2. The van der Waals surface area contributed by atoms with Crippen LogP contribution in [0.3, 0.4) is 0 Å². The summed E-state index contributed by atoms with van der Waals surface area (Å²) in [7, 11) is 4.08. The Kier molecular flexibility index (Phi) is 7.97. The van der Waals surface area contributed by atoms with Crippen molar-refractivity contribution in [2.45, 2.75) is 6.42 Å². The quantitative estimate of drug-likeness (QED) is 0.631. The zero-order valence-electron chi connectivity index (χ0n) is 14.8. The van der Waals surface area contributed by atoms with Gasteiger partial charge in [-0.1, -0.05) is 23.2 Å². The molecule has 0 aliphatic heterocycles. The molecule has 2 N–H and O–H groups in total. The molecule has 0 aliphatic carbocycles. The molecule has 0 saturated carbocycles. The van der Waals surface area contributed by atoms with Gasteiger partial charge >= 0.3 is 0 Å². The van der Waals surface area contributed by atoms with E-state index < -0.39 is 0 Å². The highest BCUT2D eigenvalue weighted by molar-refractivity contribution is 6.35. The lowest BCUT2D eigenvalue weighted by atomic mass is 10.3. The Labute approximate surface area is 163 Å². The molecule has 26 heavy (non-hydrogen) atoms. The van der Waals surface area contributed by atoms with Gasteiger partial charge in [-0.3, -0.25) is 4.79 Å². The number of hydrogen-bond donors (Lipinski definition) is 2. The van der Waals surface area contributed by atoms with Gasteiger partial charge < -0.3 is 20.3 Å². The number of ether oxygens (including phenoxy) is 1. The van der Waals surface area contributed by atoms with Crippen molar-refractivity contribution in [2.75, 3.05) is 44.4 Å². The average Bonchev–Trinajstić information content (AvgIpc) is 2.59. The predicted octanol–water partition coefficient (Wildman–Crippen LogP) is 3.77. The van der Waals surface area contributed by atoms with Gasteiger partial charge in [0.1, 0.15) is 11.6 Å². The third-order valence-corrected chi connectivity index (χ3v) is 3.92. The van der Waals surface area contributed by atoms with E-state index in [4.69, 9.17) is 27.9 Å². The third-order valence-electron chi connectivity index (χ3n) is 3.39. The standard InChI is InChI=1S/C18H22Cl2N4O2/c1-24(2)9-3-8-21-17-7-5-14(11-22-17)23-18(25)12-26-16-6-4-13(19)10-15(16)20/h4-7,10-11H,3,8-9,12H2,1-2H3,(H,21,22)(H,23,25). The zero-order valence-corrected chi connectivity index (χ0v) is 16.3.